The highest BCUT2D eigenvalue weighted by Crippen LogP contribution is 2.17. The van der Waals surface area contributed by atoms with Gasteiger partial charge in [0.25, 0.3) is 0 Å². The predicted octanol–water partition coefficient (Wildman–Crippen LogP) is 2.54. The van der Waals surface area contributed by atoms with Gasteiger partial charge in [-0.2, -0.15) is 0 Å². The molecule has 1 atom stereocenters. The molecule has 0 aliphatic heterocycles. The number of hydrogen-bond acceptors (Lipinski definition) is 3. The molecule has 4 heteroatoms. The van der Waals surface area contributed by atoms with Gasteiger partial charge in [0.2, 0.25) is 5.91 Å². The lowest BCUT2D eigenvalue weighted by Gasteiger charge is -2.11. The first-order valence-corrected chi connectivity index (χ1v) is 6.29. The highest BCUT2D eigenvalue weighted by molar-refractivity contribution is 5.90. The molecule has 0 radical (unpaired) electrons. The van der Waals surface area contributed by atoms with Gasteiger partial charge in [-0.3, -0.25) is 4.79 Å². The molecular formula is C14H22N2O2. The quantitative estimate of drug-likeness (QED) is 0.815. The van der Waals surface area contributed by atoms with Gasteiger partial charge in [0.15, 0.2) is 0 Å². The first kappa shape index (κ1) is 14.5. The number of ether oxygens (including phenoxy) is 1. The van der Waals surface area contributed by atoms with Crippen LogP contribution in [-0.2, 0) is 4.79 Å². The highest BCUT2D eigenvalue weighted by atomic mass is 16.5. The predicted molar refractivity (Wildman–Crippen MR) is 73.7 cm³/mol. The van der Waals surface area contributed by atoms with E-state index in [1.54, 1.807) is 0 Å². The van der Waals surface area contributed by atoms with Crippen molar-refractivity contribution >= 4 is 11.6 Å². The number of nitrogens with one attached hydrogen (secondary N) is 1. The summed E-state index contributed by atoms with van der Waals surface area (Å²) in [5.74, 6) is 0.795. The Morgan fingerprint density at radius 1 is 1.28 bits per heavy atom. The van der Waals surface area contributed by atoms with Crippen molar-refractivity contribution in [2.24, 2.45) is 5.73 Å². The number of carbonyl (C=O) groups is 1. The van der Waals surface area contributed by atoms with Crippen molar-refractivity contribution in [3.05, 3.63) is 24.3 Å². The zero-order chi connectivity index (χ0) is 13.5. The fraction of sp³-hybridized carbons (Fsp3) is 0.500. The summed E-state index contributed by atoms with van der Waals surface area (Å²) in [6.07, 6.45) is 1.29. The van der Waals surface area contributed by atoms with Crippen molar-refractivity contribution in [3.63, 3.8) is 0 Å². The summed E-state index contributed by atoms with van der Waals surface area (Å²) in [7, 11) is 0. The molecule has 3 N–H and O–H groups in total. The Morgan fingerprint density at radius 3 is 2.39 bits per heavy atom. The highest BCUT2D eigenvalue weighted by Gasteiger charge is 2.04. The van der Waals surface area contributed by atoms with Crippen LogP contribution in [0.2, 0.25) is 0 Å². The number of hydrogen-bond donors (Lipinski definition) is 2. The second-order valence-corrected chi connectivity index (χ2v) is 4.76. The number of anilines is 1. The Bertz CT molecular complexity index is 372. The van der Waals surface area contributed by atoms with Gasteiger partial charge in [-0.05, 0) is 51.5 Å². The minimum atomic E-state index is -0.00942. The van der Waals surface area contributed by atoms with Crippen LogP contribution in [0.25, 0.3) is 0 Å². The number of carbonyl (C=O) groups excluding carboxylic acids is 1. The molecule has 0 bridgehead atoms. The number of benzene rings is 1. The van der Waals surface area contributed by atoms with E-state index in [2.05, 4.69) is 5.32 Å². The van der Waals surface area contributed by atoms with Crippen LogP contribution in [0.4, 0.5) is 5.69 Å². The monoisotopic (exact) mass is 250 g/mol. The Kier molecular flexibility index (Phi) is 5.65. The molecule has 100 valence electrons. The molecule has 0 spiro atoms. The Labute approximate surface area is 109 Å². The lowest BCUT2D eigenvalue weighted by atomic mass is 10.2. The second-order valence-electron chi connectivity index (χ2n) is 4.76. The van der Waals surface area contributed by atoms with Crippen molar-refractivity contribution in [2.45, 2.75) is 45.8 Å². The second kappa shape index (κ2) is 7.01. The zero-order valence-electron chi connectivity index (χ0n) is 11.3. The van der Waals surface area contributed by atoms with Gasteiger partial charge in [0.05, 0.1) is 6.10 Å². The molecule has 4 nitrogen and oxygen atoms in total. The average molecular weight is 250 g/mol. The van der Waals surface area contributed by atoms with E-state index in [4.69, 9.17) is 10.5 Å². The summed E-state index contributed by atoms with van der Waals surface area (Å²) in [5, 5.41) is 2.83. The van der Waals surface area contributed by atoms with Gasteiger partial charge in [-0.1, -0.05) is 0 Å². The van der Waals surface area contributed by atoms with E-state index in [0.29, 0.717) is 12.8 Å². The van der Waals surface area contributed by atoms with Crippen LogP contribution >= 0.6 is 0 Å². The van der Waals surface area contributed by atoms with E-state index in [1.165, 1.54) is 0 Å². The summed E-state index contributed by atoms with van der Waals surface area (Å²) < 4.78 is 5.52. The third kappa shape index (κ3) is 5.68. The molecule has 0 saturated carbocycles. The third-order valence-corrected chi connectivity index (χ3v) is 2.34. The Balaban J connectivity index is 2.45. The van der Waals surface area contributed by atoms with E-state index >= 15 is 0 Å². The molecule has 0 aliphatic carbocycles. The van der Waals surface area contributed by atoms with E-state index in [1.807, 2.05) is 45.0 Å². The lowest BCUT2D eigenvalue weighted by molar-refractivity contribution is -0.116. The minimum Gasteiger partial charge on any atom is -0.491 e. The zero-order valence-corrected chi connectivity index (χ0v) is 11.3. The standard InChI is InChI=1S/C14H22N2O2/c1-10(2)18-13-7-5-12(6-8-13)16-14(17)9-4-11(3)15/h5-8,10-11H,4,9,15H2,1-3H3,(H,16,17). The number of rotatable bonds is 6. The van der Waals surface area contributed by atoms with Gasteiger partial charge in [0.1, 0.15) is 5.75 Å². The minimum absolute atomic E-state index is 0.00942. The van der Waals surface area contributed by atoms with Gasteiger partial charge in [0, 0.05) is 18.2 Å². The molecule has 0 fully saturated rings. The average Bonchev–Trinajstić information content (AvgIpc) is 2.28. The molecule has 18 heavy (non-hydrogen) atoms. The van der Waals surface area contributed by atoms with E-state index in [0.717, 1.165) is 11.4 Å². The summed E-state index contributed by atoms with van der Waals surface area (Å²) in [5.41, 5.74) is 6.38. The van der Waals surface area contributed by atoms with Gasteiger partial charge >= 0.3 is 0 Å². The maximum atomic E-state index is 11.6. The summed E-state index contributed by atoms with van der Waals surface area (Å²) >= 11 is 0. The first-order chi connectivity index (χ1) is 8.47. The van der Waals surface area contributed by atoms with Crippen LogP contribution in [0, 0.1) is 0 Å². The topological polar surface area (TPSA) is 64.4 Å². The first-order valence-electron chi connectivity index (χ1n) is 6.29. The molecule has 1 rings (SSSR count). The lowest BCUT2D eigenvalue weighted by Crippen LogP contribution is -2.19. The molecule has 1 unspecified atom stereocenters. The fourth-order valence-corrected chi connectivity index (χ4v) is 1.47. The molecule has 0 saturated heterocycles. The largest absolute Gasteiger partial charge is 0.491 e. The third-order valence-electron chi connectivity index (χ3n) is 2.34. The summed E-state index contributed by atoms with van der Waals surface area (Å²) in [6.45, 7) is 5.85. The van der Waals surface area contributed by atoms with Gasteiger partial charge in [-0.15, -0.1) is 0 Å². The molecule has 0 heterocycles. The SMILES string of the molecule is CC(N)CCC(=O)Nc1ccc(OC(C)C)cc1. The van der Waals surface area contributed by atoms with Gasteiger partial charge < -0.3 is 15.8 Å². The maximum Gasteiger partial charge on any atom is 0.224 e. The Morgan fingerprint density at radius 2 is 1.89 bits per heavy atom. The summed E-state index contributed by atoms with van der Waals surface area (Å²) in [4.78, 5) is 11.6. The van der Waals surface area contributed by atoms with Crippen LogP contribution in [0.1, 0.15) is 33.6 Å². The van der Waals surface area contributed by atoms with Crippen molar-refractivity contribution < 1.29 is 9.53 Å². The smallest absolute Gasteiger partial charge is 0.224 e. The van der Waals surface area contributed by atoms with Crippen molar-refractivity contribution in [2.75, 3.05) is 5.32 Å². The molecule has 0 aromatic heterocycles. The van der Waals surface area contributed by atoms with E-state index < -0.39 is 0 Å². The molecule has 1 amide bonds. The van der Waals surface area contributed by atoms with Crippen LogP contribution in [0.5, 0.6) is 5.75 Å². The van der Waals surface area contributed by atoms with Crippen molar-refractivity contribution in [1.82, 2.24) is 0 Å². The number of nitrogens with two attached hydrogens (primary N) is 1. The van der Waals surface area contributed by atoms with Crippen molar-refractivity contribution in [1.29, 1.82) is 0 Å². The molecule has 1 aromatic rings. The van der Waals surface area contributed by atoms with Gasteiger partial charge in [-0.25, -0.2) is 0 Å². The van der Waals surface area contributed by atoms with Crippen molar-refractivity contribution in [3.8, 4) is 5.75 Å². The van der Waals surface area contributed by atoms with E-state index in [-0.39, 0.29) is 18.1 Å². The normalized spacial score (nSPS) is 12.3. The molecule has 0 aliphatic rings. The van der Waals surface area contributed by atoms with Crippen LogP contribution < -0.4 is 15.8 Å². The number of amides is 1. The molecule has 1 aromatic carbocycles. The maximum absolute atomic E-state index is 11.6. The van der Waals surface area contributed by atoms with Crippen LogP contribution in [-0.4, -0.2) is 18.1 Å². The molecular weight excluding hydrogens is 228 g/mol. The Hall–Kier alpha value is -1.55. The van der Waals surface area contributed by atoms with Crippen LogP contribution in [0.15, 0.2) is 24.3 Å². The van der Waals surface area contributed by atoms with Crippen LogP contribution in [0.3, 0.4) is 0 Å². The van der Waals surface area contributed by atoms with E-state index in [9.17, 15) is 4.79 Å². The summed E-state index contributed by atoms with van der Waals surface area (Å²) in [6, 6.07) is 7.42. The fourth-order valence-electron chi connectivity index (χ4n) is 1.47.